The summed E-state index contributed by atoms with van der Waals surface area (Å²) in [4.78, 5) is 17.3. The van der Waals surface area contributed by atoms with Crippen LogP contribution in [-0.2, 0) is 6.42 Å². The van der Waals surface area contributed by atoms with Gasteiger partial charge in [-0.3, -0.25) is 0 Å². The van der Waals surface area contributed by atoms with Crippen LogP contribution in [0.2, 0.25) is 0 Å². The standard InChI is InChI=1S/C24H33N3O/c1-18-16-22(26(3)4)17-19(2)23(18)25-24(28)27-15-9-8-12-21(27)14-13-20-10-6-5-7-11-20/h5-7,10-11,16-17,21H,8-9,12-15H2,1-4H3,(H,25,28). The molecule has 0 radical (unpaired) electrons. The number of hydrogen-bond donors (Lipinski definition) is 1. The third kappa shape index (κ3) is 4.86. The molecule has 0 aromatic heterocycles. The van der Waals surface area contributed by atoms with Crippen molar-refractivity contribution in [3.63, 3.8) is 0 Å². The lowest BCUT2D eigenvalue weighted by Crippen LogP contribution is -2.46. The second kappa shape index (κ2) is 9.13. The molecule has 0 bridgehead atoms. The summed E-state index contributed by atoms with van der Waals surface area (Å²) in [6.45, 7) is 4.98. The number of urea groups is 1. The summed E-state index contributed by atoms with van der Waals surface area (Å²) in [6.07, 6.45) is 5.43. The second-order valence-corrected chi connectivity index (χ2v) is 8.15. The van der Waals surface area contributed by atoms with E-state index in [1.807, 2.05) is 14.1 Å². The Morgan fingerprint density at radius 3 is 2.43 bits per heavy atom. The lowest BCUT2D eigenvalue weighted by atomic mass is 9.96. The fourth-order valence-electron chi connectivity index (χ4n) is 4.12. The van der Waals surface area contributed by atoms with Crippen LogP contribution in [0.3, 0.4) is 0 Å². The maximum absolute atomic E-state index is 13.1. The summed E-state index contributed by atoms with van der Waals surface area (Å²) in [5, 5.41) is 3.21. The molecule has 1 aliphatic heterocycles. The van der Waals surface area contributed by atoms with Gasteiger partial charge >= 0.3 is 6.03 Å². The van der Waals surface area contributed by atoms with Crippen molar-refractivity contribution in [3.05, 3.63) is 59.2 Å². The van der Waals surface area contributed by atoms with Crippen LogP contribution in [0.4, 0.5) is 16.2 Å². The predicted octanol–water partition coefficient (Wildman–Crippen LogP) is 5.39. The zero-order chi connectivity index (χ0) is 20.1. The third-order valence-corrected chi connectivity index (χ3v) is 5.76. The average molecular weight is 380 g/mol. The molecule has 0 spiro atoms. The molecule has 1 saturated heterocycles. The van der Waals surface area contributed by atoms with Gasteiger partial charge in [0.2, 0.25) is 0 Å². The number of aryl methyl sites for hydroxylation is 3. The Morgan fingerprint density at radius 2 is 1.79 bits per heavy atom. The van der Waals surface area contributed by atoms with E-state index in [2.05, 4.69) is 71.4 Å². The predicted molar refractivity (Wildman–Crippen MR) is 118 cm³/mol. The first-order valence-electron chi connectivity index (χ1n) is 10.4. The van der Waals surface area contributed by atoms with Crippen molar-refractivity contribution in [2.75, 3.05) is 30.9 Å². The van der Waals surface area contributed by atoms with Crippen molar-refractivity contribution in [1.29, 1.82) is 0 Å². The zero-order valence-electron chi connectivity index (χ0n) is 17.7. The van der Waals surface area contributed by atoms with E-state index in [4.69, 9.17) is 0 Å². The summed E-state index contributed by atoms with van der Waals surface area (Å²) in [5.41, 5.74) is 5.67. The van der Waals surface area contributed by atoms with E-state index in [0.29, 0.717) is 6.04 Å². The van der Waals surface area contributed by atoms with Crippen LogP contribution in [0.5, 0.6) is 0 Å². The molecule has 1 N–H and O–H groups in total. The SMILES string of the molecule is Cc1cc(N(C)C)cc(C)c1NC(=O)N1CCCCC1CCc1ccccc1. The number of benzene rings is 2. The molecule has 1 fully saturated rings. The van der Waals surface area contributed by atoms with Crippen molar-refractivity contribution in [2.45, 2.75) is 52.0 Å². The molecule has 1 aliphatic rings. The highest BCUT2D eigenvalue weighted by atomic mass is 16.2. The molecule has 4 nitrogen and oxygen atoms in total. The Hall–Kier alpha value is -2.49. The van der Waals surface area contributed by atoms with Gasteiger partial charge in [-0.05, 0) is 74.8 Å². The van der Waals surface area contributed by atoms with E-state index in [1.165, 1.54) is 12.0 Å². The van der Waals surface area contributed by atoms with Crippen LogP contribution < -0.4 is 10.2 Å². The number of piperidine rings is 1. The van der Waals surface area contributed by atoms with Crippen LogP contribution >= 0.6 is 0 Å². The van der Waals surface area contributed by atoms with Crippen molar-refractivity contribution >= 4 is 17.4 Å². The number of anilines is 2. The zero-order valence-corrected chi connectivity index (χ0v) is 17.7. The molecular weight excluding hydrogens is 346 g/mol. The van der Waals surface area contributed by atoms with Crippen LogP contribution in [0, 0.1) is 13.8 Å². The van der Waals surface area contributed by atoms with Crippen molar-refractivity contribution in [3.8, 4) is 0 Å². The lowest BCUT2D eigenvalue weighted by molar-refractivity contribution is 0.158. The third-order valence-electron chi connectivity index (χ3n) is 5.76. The van der Waals surface area contributed by atoms with Crippen molar-refractivity contribution in [1.82, 2.24) is 4.90 Å². The monoisotopic (exact) mass is 379 g/mol. The summed E-state index contributed by atoms with van der Waals surface area (Å²) in [7, 11) is 4.08. The number of nitrogens with one attached hydrogen (secondary N) is 1. The molecule has 2 amide bonds. The Kier molecular flexibility index (Phi) is 6.61. The van der Waals surface area contributed by atoms with Gasteiger partial charge in [-0.2, -0.15) is 0 Å². The molecule has 3 rings (SSSR count). The number of carbonyl (C=O) groups excluding carboxylic acids is 1. The minimum Gasteiger partial charge on any atom is -0.378 e. The van der Waals surface area contributed by atoms with Gasteiger partial charge in [-0.15, -0.1) is 0 Å². The molecule has 2 aromatic carbocycles. The van der Waals surface area contributed by atoms with Gasteiger partial charge in [-0.25, -0.2) is 4.79 Å². The number of likely N-dealkylation sites (tertiary alicyclic amines) is 1. The van der Waals surface area contributed by atoms with Crippen LogP contribution in [-0.4, -0.2) is 37.6 Å². The number of nitrogens with zero attached hydrogens (tertiary/aromatic N) is 2. The van der Waals surface area contributed by atoms with E-state index in [1.54, 1.807) is 0 Å². The maximum Gasteiger partial charge on any atom is 0.322 e. The van der Waals surface area contributed by atoms with Crippen molar-refractivity contribution in [2.24, 2.45) is 0 Å². The number of carbonyl (C=O) groups is 1. The first-order valence-corrected chi connectivity index (χ1v) is 10.4. The van der Waals surface area contributed by atoms with E-state index >= 15 is 0 Å². The van der Waals surface area contributed by atoms with Crippen LogP contribution in [0.15, 0.2) is 42.5 Å². The van der Waals surface area contributed by atoms with Gasteiger partial charge in [0, 0.05) is 38.1 Å². The molecule has 1 unspecified atom stereocenters. The Balaban J connectivity index is 1.69. The van der Waals surface area contributed by atoms with Gasteiger partial charge in [0.1, 0.15) is 0 Å². The van der Waals surface area contributed by atoms with Gasteiger partial charge < -0.3 is 15.1 Å². The van der Waals surface area contributed by atoms with E-state index in [0.717, 1.165) is 54.7 Å². The van der Waals surface area contributed by atoms with E-state index in [9.17, 15) is 4.79 Å². The molecule has 4 heteroatoms. The second-order valence-electron chi connectivity index (χ2n) is 8.15. The molecular formula is C24H33N3O. The average Bonchev–Trinajstić information content (AvgIpc) is 2.69. The molecule has 2 aromatic rings. The van der Waals surface area contributed by atoms with Gasteiger partial charge in [0.05, 0.1) is 0 Å². The highest BCUT2D eigenvalue weighted by Gasteiger charge is 2.27. The summed E-state index contributed by atoms with van der Waals surface area (Å²) < 4.78 is 0. The minimum absolute atomic E-state index is 0.0431. The normalized spacial score (nSPS) is 16.7. The van der Waals surface area contributed by atoms with Crippen LogP contribution in [0.25, 0.3) is 0 Å². The largest absolute Gasteiger partial charge is 0.378 e. The van der Waals surface area contributed by atoms with Gasteiger partial charge in [0.25, 0.3) is 0 Å². The number of hydrogen-bond acceptors (Lipinski definition) is 2. The fraction of sp³-hybridized carbons (Fsp3) is 0.458. The van der Waals surface area contributed by atoms with Crippen molar-refractivity contribution < 1.29 is 4.79 Å². The topological polar surface area (TPSA) is 35.6 Å². The Morgan fingerprint density at radius 1 is 1.11 bits per heavy atom. The molecule has 1 heterocycles. The number of rotatable bonds is 5. The van der Waals surface area contributed by atoms with Gasteiger partial charge in [-0.1, -0.05) is 30.3 Å². The highest BCUT2D eigenvalue weighted by Crippen LogP contribution is 2.28. The Labute approximate surface area is 169 Å². The maximum atomic E-state index is 13.1. The Bertz CT molecular complexity index is 778. The van der Waals surface area contributed by atoms with E-state index in [-0.39, 0.29) is 6.03 Å². The molecule has 28 heavy (non-hydrogen) atoms. The van der Waals surface area contributed by atoms with Crippen LogP contribution in [0.1, 0.15) is 42.4 Å². The smallest absolute Gasteiger partial charge is 0.322 e. The summed E-state index contributed by atoms with van der Waals surface area (Å²) in [6, 6.07) is 15.2. The molecule has 0 aliphatic carbocycles. The summed E-state index contributed by atoms with van der Waals surface area (Å²) >= 11 is 0. The lowest BCUT2D eigenvalue weighted by Gasteiger charge is -2.36. The first-order chi connectivity index (χ1) is 13.5. The first kappa shape index (κ1) is 20.2. The molecule has 0 saturated carbocycles. The van der Waals surface area contributed by atoms with Gasteiger partial charge in [0.15, 0.2) is 0 Å². The van der Waals surface area contributed by atoms with E-state index < -0.39 is 0 Å². The minimum atomic E-state index is 0.0431. The quantitative estimate of drug-likeness (QED) is 0.756. The fourth-order valence-corrected chi connectivity index (χ4v) is 4.12. The molecule has 1 atom stereocenters. The number of amides is 2. The highest BCUT2D eigenvalue weighted by molar-refractivity contribution is 5.91. The summed E-state index contributed by atoms with van der Waals surface area (Å²) in [5.74, 6) is 0. The molecule has 150 valence electrons.